The van der Waals surface area contributed by atoms with Crippen molar-refractivity contribution in [3.05, 3.63) is 0 Å². The van der Waals surface area contributed by atoms with Crippen LogP contribution < -0.4 is 5.73 Å². The molecule has 12 heavy (non-hydrogen) atoms. The van der Waals surface area contributed by atoms with Gasteiger partial charge in [0.1, 0.15) is 0 Å². The third-order valence-electron chi connectivity index (χ3n) is 5.27. The molecular formula is C11H19N. The summed E-state index contributed by atoms with van der Waals surface area (Å²) in [4.78, 5) is 0. The molecule has 3 rings (SSSR count). The van der Waals surface area contributed by atoms with E-state index in [1.807, 2.05) is 0 Å². The zero-order chi connectivity index (χ0) is 8.51. The van der Waals surface area contributed by atoms with Crippen LogP contribution in [0.5, 0.6) is 0 Å². The second kappa shape index (κ2) is 1.89. The fraction of sp³-hybridized carbons (Fsp3) is 1.00. The topological polar surface area (TPSA) is 26.0 Å². The minimum absolute atomic E-state index is 0.289. The van der Waals surface area contributed by atoms with Crippen LogP contribution in [0.25, 0.3) is 0 Å². The molecule has 3 saturated carbocycles. The van der Waals surface area contributed by atoms with Crippen molar-refractivity contribution in [2.75, 3.05) is 0 Å². The highest BCUT2D eigenvalue weighted by molar-refractivity contribution is 5.19. The zero-order valence-corrected chi connectivity index (χ0v) is 8.09. The largest absolute Gasteiger partial charge is 0.324 e. The van der Waals surface area contributed by atoms with Crippen LogP contribution in [0.1, 0.15) is 33.1 Å². The zero-order valence-electron chi connectivity index (χ0n) is 8.09. The third-order valence-corrected chi connectivity index (χ3v) is 5.27. The van der Waals surface area contributed by atoms with Crippen LogP contribution in [0.4, 0.5) is 0 Å². The Kier molecular flexibility index (Phi) is 1.16. The Bertz CT molecular complexity index is 221. The standard InChI is InChI=1S/C11H19N/c1-6-3-8-5-9(6)10-4-7(2)11(8,10)12/h6-10H,3-5,12H2,1-2H3. The SMILES string of the molecule is CC1CC2CC1C1CC(C)C21N. The predicted octanol–water partition coefficient (Wildman–Crippen LogP) is 2.02. The first-order valence-electron chi connectivity index (χ1n) is 5.43. The minimum atomic E-state index is 0.289. The first-order chi connectivity index (χ1) is 5.64. The van der Waals surface area contributed by atoms with Gasteiger partial charge in [-0.3, -0.25) is 0 Å². The molecule has 0 radical (unpaired) electrons. The van der Waals surface area contributed by atoms with Gasteiger partial charge in [-0.1, -0.05) is 13.8 Å². The van der Waals surface area contributed by atoms with E-state index in [-0.39, 0.29) is 5.54 Å². The average Bonchev–Trinajstić information content (AvgIpc) is 2.48. The molecule has 0 aromatic heterocycles. The summed E-state index contributed by atoms with van der Waals surface area (Å²) in [6, 6.07) is 0. The quantitative estimate of drug-likeness (QED) is 0.584. The Balaban J connectivity index is 1.95. The molecule has 6 atom stereocenters. The van der Waals surface area contributed by atoms with E-state index in [1.54, 1.807) is 0 Å². The van der Waals surface area contributed by atoms with Crippen LogP contribution in [0.3, 0.4) is 0 Å². The minimum Gasteiger partial charge on any atom is -0.324 e. The average molecular weight is 165 g/mol. The van der Waals surface area contributed by atoms with Crippen LogP contribution in [-0.4, -0.2) is 5.54 Å². The number of rotatable bonds is 0. The van der Waals surface area contributed by atoms with Crippen molar-refractivity contribution in [2.24, 2.45) is 35.3 Å². The molecule has 0 aliphatic heterocycles. The molecule has 0 aromatic carbocycles. The summed E-state index contributed by atoms with van der Waals surface area (Å²) in [6.45, 7) is 4.77. The van der Waals surface area contributed by atoms with Crippen LogP contribution in [-0.2, 0) is 0 Å². The molecule has 3 fully saturated rings. The normalized spacial score (nSPS) is 67.8. The number of hydrogen-bond acceptors (Lipinski definition) is 1. The molecule has 1 heteroatoms. The molecule has 2 bridgehead atoms. The van der Waals surface area contributed by atoms with Gasteiger partial charge >= 0.3 is 0 Å². The van der Waals surface area contributed by atoms with Gasteiger partial charge in [-0.15, -0.1) is 0 Å². The van der Waals surface area contributed by atoms with Crippen molar-refractivity contribution in [3.63, 3.8) is 0 Å². The molecule has 0 saturated heterocycles. The molecule has 1 nitrogen and oxygen atoms in total. The van der Waals surface area contributed by atoms with E-state index in [1.165, 1.54) is 19.3 Å². The van der Waals surface area contributed by atoms with Crippen molar-refractivity contribution in [1.29, 1.82) is 0 Å². The molecule has 0 aromatic rings. The van der Waals surface area contributed by atoms with Gasteiger partial charge < -0.3 is 5.73 Å². The first-order valence-corrected chi connectivity index (χ1v) is 5.43. The molecule has 0 amide bonds. The fourth-order valence-electron chi connectivity index (χ4n) is 4.49. The highest BCUT2D eigenvalue weighted by Crippen LogP contribution is 2.66. The Morgan fingerprint density at radius 3 is 2.50 bits per heavy atom. The van der Waals surface area contributed by atoms with Crippen LogP contribution in [0, 0.1) is 29.6 Å². The third kappa shape index (κ3) is 0.555. The van der Waals surface area contributed by atoms with Gasteiger partial charge in [-0.05, 0) is 48.9 Å². The lowest BCUT2D eigenvalue weighted by Gasteiger charge is -2.56. The monoisotopic (exact) mass is 165 g/mol. The maximum atomic E-state index is 6.50. The summed E-state index contributed by atoms with van der Waals surface area (Å²) in [5, 5.41) is 0. The van der Waals surface area contributed by atoms with E-state index in [0.717, 1.165) is 29.6 Å². The second-order valence-corrected chi connectivity index (χ2v) is 5.55. The fourth-order valence-corrected chi connectivity index (χ4v) is 4.49. The van der Waals surface area contributed by atoms with E-state index in [0.29, 0.717) is 0 Å². The lowest BCUT2D eigenvalue weighted by atomic mass is 9.52. The summed E-state index contributed by atoms with van der Waals surface area (Å²) in [7, 11) is 0. The summed E-state index contributed by atoms with van der Waals surface area (Å²) in [5.41, 5.74) is 6.79. The molecule has 3 aliphatic carbocycles. The van der Waals surface area contributed by atoms with E-state index in [2.05, 4.69) is 13.8 Å². The van der Waals surface area contributed by atoms with Crippen LogP contribution >= 0.6 is 0 Å². The molecular weight excluding hydrogens is 146 g/mol. The van der Waals surface area contributed by atoms with E-state index in [4.69, 9.17) is 5.73 Å². The lowest BCUT2D eigenvalue weighted by Crippen LogP contribution is -2.65. The maximum Gasteiger partial charge on any atom is 0.0240 e. The summed E-state index contributed by atoms with van der Waals surface area (Å²) >= 11 is 0. The molecule has 2 N–H and O–H groups in total. The number of fused-ring (bicyclic) bond motifs is 5. The van der Waals surface area contributed by atoms with Gasteiger partial charge in [0.05, 0.1) is 0 Å². The highest BCUT2D eigenvalue weighted by Gasteiger charge is 2.66. The smallest absolute Gasteiger partial charge is 0.0240 e. The van der Waals surface area contributed by atoms with E-state index >= 15 is 0 Å². The van der Waals surface area contributed by atoms with Gasteiger partial charge in [0.2, 0.25) is 0 Å². The molecule has 0 heterocycles. The van der Waals surface area contributed by atoms with Crippen LogP contribution in [0.15, 0.2) is 0 Å². The first kappa shape index (κ1) is 7.37. The lowest BCUT2D eigenvalue weighted by molar-refractivity contribution is -0.0215. The van der Waals surface area contributed by atoms with Gasteiger partial charge in [-0.25, -0.2) is 0 Å². The van der Waals surface area contributed by atoms with Gasteiger partial charge in [0, 0.05) is 5.54 Å². The Morgan fingerprint density at radius 1 is 1.17 bits per heavy atom. The van der Waals surface area contributed by atoms with Gasteiger partial charge in [0.15, 0.2) is 0 Å². The Morgan fingerprint density at radius 2 is 1.92 bits per heavy atom. The van der Waals surface area contributed by atoms with Crippen molar-refractivity contribution >= 4 is 0 Å². The number of nitrogens with two attached hydrogens (primary N) is 1. The Hall–Kier alpha value is -0.0400. The maximum absolute atomic E-state index is 6.50. The summed E-state index contributed by atoms with van der Waals surface area (Å²) in [5.74, 6) is 4.57. The Labute approximate surface area is 74.7 Å². The van der Waals surface area contributed by atoms with E-state index in [9.17, 15) is 0 Å². The summed E-state index contributed by atoms with van der Waals surface area (Å²) in [6.07, 6.45) is 4.29. The number of hydrogen-bond donors (Lipinski definition) is 1. The van der Waals surface area contributed by atoms with Crippen LogP contribution in [0.2, 0.25) is 0 Å². The molecule has 3 aliphatic rings. The van der Waals surface area contributed by atoms with Gasteiger partial charge in [0.25, 0.3) is 0 Å². The molecule has 0 spiro atoms. The summed E-state index contributed by atoms with van der Waals surface area (Å²) < 4.78 is 0. The molecule has 68 valence electrons. The van der Waals surface area contributed by atoms with Crippen molar-refractivity contribution in [3.8, 4) is 0 Å². The van der Waals surface area contributed by atoms with Crippen molar-refractivity contribution < 1.29 is 0 Å². The highest BCUT2D eigenvalue weighted by atomic mass is 14.9. The second-order valence-electron chi connectivity index (χ2n) is 5.55. The predicted molar refractivity (Wildman–Crippen MR) is 49.6 cm³/mol. The van der Waals surface area contributed by atoms with Gasteiger partial charge in [-0.2, -0.15) is 0 Å². The van der Waals surface area contributed by atoms with Crippen molar-refractivity contribution in [1.82, 2.24) is 0 Å². The van der Waals surface area contributed by atoms with Crippen molar-refractivity contribution in [2.45, 2.75) is 38.6 Å². The van der Waals surface area contributed by atoms with E-state index < -0.39 is 0 Å². The molecule has 6 unspecified atom stereocenters.